The summed E-state index contributed by atoms with van der Waals surface area (Å²) >= 11 is 0. The van der Waals surface area contributed by atoms with Crippen LogP contribution in [-0.4, -0.2) is 67.0 Å². The standard InChI is InChI=1S/C18H33F3N4O.HI/c1-2-22-17(24-15-3-5-16(26)6-4-15)23-10-7-14-8-11-25(12-9-14)13-18(19,20)21;/h14-16,26H,2-13H2,1H3,(H2,22,23,24);1H. The van der Waals surface area contributed by atoms with Crippen molar-refractivity contribution >= 4 is 29.9 Å². The summed E-state index contributed by atoms with van der Waals surface area (Å²) in [6.45, 7) is 3.76. The Morgan fingerprint density at radius 3 is 2.30 bits per heavy atom. The molecule has 27 heavy (non-hydrogen) atoms. The molecule has 1 aliphatic heterocycles. The fraction of sp³-hybridized carbons (Fsp3) is 0.944. The summed E-state index contributed by atoms with van der Waals surface area (Å²) < 4.78 is 37.3. The lowest BCUT2D eigenvalue weighted by atomic mass is 9.93. The number of rotatable bonds is 6. The van der Waals surface area contributed by atoms with E-state index in [9.17, 15) is 18.3 Å². The van der Waals surface area contributed by atoms with Gasteiger partial charge in [-0.15, -0.1) is 24.0 Å². The molecule has 0 unspecified atom stereocenters. The fourth-order valence-corrected chi connectivity index (χ4v) is 3.78. The Morgan fingerprint density at radius 1 is 1.11 bits per heavy atom. The van der Waals surface area contributed by atoms with Crippen LogP contribution in [0.15, 0.2) is 4.99 Å². The molecular formula is C18H34F3IN4O. The van der Waals surface area contributed by atoms with Crippen molar-refractivity contribution in [2.75, 3.05) is 32.7 Å². The van der Waals surface area contributed by atoms with E-state index in [4.69, 9.17) is 0 Å². The molecule has 0 aromatic carbocycles. The monoisotopic (exact) mass is 506 g/mol. The molecule has 0 radical (unpaired) electrons. The van der Waals surface area contributed by atoms with Crippen LogP contribution < -0.4 is 10.6 Å². The molecular weight excluding hydrogens is 472 g/mol. The molecule has 2 rings (SSSR count). The van der Waals surface area contributed by atoms with Gasteiger partial charge in [-0.1, -0.05) is 0 Å². The van der Waals surface area contributed by atoms with Crippen LogP contribution in [0.3, 0.4) is 0 Å². The Kier molecular flexibility index (Phi) is 11.3. The van der Waals surface area contributed by atoms with Crippen molar-refractivity contribution < 1.29 is 18.3 Å². The van der Waals surface area contributed by atoms with Gasteiger partial charge in [-0.05, 0) is 70.9 Å². The zero-order valence-electron chi connectivity index (χ0n) is 16.1. The zero-order chi connectivity index (χ0) is 19.0. The molecule has 3 N–H and O–H groups in total. The predicted octanol–water partition coefficient (Wildman–Crippen LogP) is 3.13. The number of hydrogen-bond acceptors (Lipinski definition) is 3. The predicted molar refractivity (Wildman–Crippen MR) is 113 cm³/mol. The van der Waals surface area contributed by atoms with Crippen molar-refractivity contribution in [3.63, 3.8) is 0 Å². The number of aliphatic hydroxyl groups excluding tert-OH is 1. The van der Waals surface area contributed by atoms with Crippen LogP contribution in [0.5, 0.6) is 0 Å². The van der Waals surface area contributed by atoms with Gasteiger partial charge < -0.3 is 15.7 Å². The number of halogens is 4. The summed E-state index contributed by atoms with van der Waals surface area (Å²) in [5, 5.41) is 16.3. The first-order valence-electron chi connectivity index (χ1n) is 9.87. The lowest BCUT2D eigenvalue weighted by Crippen LogP contribution is -2.45. The van der Waals surface area contributed by atoms with Gasteiger partial charge in [-0.25, -0.2) is 0 Å². The summed E-state index contributed by atoms with van der Waals surface area (Å²) in [5.41, 5.74) is 0. The van der Waals surface area contributed by atoms with Gasteiger partial charge in [0, 0.05) is 19.1 Å². The molecule has 9 heteroatoms. The fourth-order valence-electron chi connectivity index (χ4n) is 3.78. The molecule has 0 amide bonds. The minimum atomic E-state index is -4.10. The molecule has 1 aliphatic carbocycles. The van der Waals surface area contributed by atoms with E-state index in [1.807, 2.05) is 6.92 Å². The maximum atomic E-state index is 12.4. The molecule has 0 spiro atoms. The summed E-state index contributed by atoms with van der Waals surface area (Å²) in [5.74, 6) is 1.26. The maximum Gasteiger partial charge on any atom is 0.401 e. The third-order valence-electron chi connectivity index (χ3n) is 5.30. The SMILES string of the molecule is CCNC(=NCCC1CCN(CC(F)(F)F)CC1)NC1CCC(O)CC1.I. The number of guanidine groups is 1. The van der Waals surface area contributed by atoms with Crippen LogP contribution in [-0.2, 0) is 0 Å². The number of hydrogen-bond donors (Lipinski definition) is 3. The summed E-state index contributed by atoms with van der Waals surface area (Å²) in [4.78, 5) is 6.14. The Balaban J connectivity index is 0.00000364. The van der Waals surface area contributed by atoms with Gasteiger partial charge >= 0.3 is 6.18 Å². The number of piperidine rings is 1. The molecule has 0 aromatic rings. The largest absolute Gasteiger partial charge is 0.401 e. The summed E-state index contributed by atoms with van der Waals surface area (Å²) in [6.07, 6.45) is 1.83. The average molecular weight is 506 g/mol. The highest BCUT2D eigenvalue weighted by Crippen LogP contribution is 2.24. The Bertz CT molecular complexity index is 435. The number of aliphatic imine (C=N–C) groups is 1. The molecule has 1 saturated carbocycles. The van der Waals surface area contributed by atoms with E-state index in [0.29, 0.717) is 31.6 Å². The first-order chi connectivity index (χ1) is 12.4. The quantitative estimate of drug-likeness (QED) is 0.295. The van der Waals surface area contributed by atoms with Crippen LogP contribution in [0.25, 0.3) is 0 Å². The van der Waals surface area contributed by atoms with Gasteiger partial charge in [-0.2, -0.15) is 13.2 Å². The second-order valence-corrected chi connectivity index (χ2v) is 7.53. The smallest absolute Gasteiger partial charge is 0.393 e. The molecule has 0 atom stereocenters. The van der Waals surface area contributed by atoms with Crippen molar-refractivity contribution in [2.45, 2.75) is 70.2 Å². The highest BCUT2D eigenvalue weighted by Gasteiger charge is 2.32. The highest BCUT2D eigenvalue weighted by molar-refractivity contribution is 14.0. The van der Waals surface area contributed by atoms with E-state index in [-0.39, 0.29) is 30.1 Å². The van der Waals surface area contributed by atoms with Gasteiger partial charge in [0.2, 0.25) is 0 Å². The summed E-state index contributed by atoms with van der Waals surface area (Å²) in [6, 6.07) is 0.349. The molecule has 160 valence electrons. The summed E-state index contributed by atoms with van der Waals surface area (Å²) in [7, 11) is 0. The van der Waals surface area contributed by atoms with Crippen molar-refractivity contribution in [3.8, 4) is 0 Å². The Labute approximate surface area is 177 Å². The van der Waals surface area contributed by atoms with Gasteiger partial charge in [0.25, 0.3) is 0 Å². The number of nitrogens with one attached hydrogen (secondary N) is 2. The van der Waals surface area contributed by atoms with Gasteiger partial charge in [0.15, 0.2) is 5.96 Å². The number of aliphatic hydroxyl groups is 1. The van der Waals surface area contributed by atoms with Crippen molar-refractivity contribution in [2.24, 2.45) is 10.9 Å². The third-order valence-corrected chi connectivity index (χ3v) is 5.30. The molecule has 2 fully saturated rings. The van der Waals surface area contributed by atoms with E-state index in [2.05, 4.69) is 15.6 Å². The van der Waals surface area contributed by atoms with Crippen molar-refractivity contribution in [3.05, 3.63) is 0 Å². The van der Waals surface area contributed by atoms with Crippen molar-refractivity contribution in [1.29, 1.82) is 0 Å². The highest BCUT2D eigenvalue weighted by atomic mass is 127. The van der Waals surface area contributed by atoms with E-state index < -0.39 is 12.7 Å². The minimum Gasteiger partial charge on any atom is -0.393 e. The third kappa shape index (κ3) is 10.2. The molecule has 5 nitrogen and oxygen atoms in total. The lowest BCUT2D eigenvalue weighted by molar-refractivity contribution is -0.148. The number of likely N-dealkylation sites (tertiary alicyclic amines) is 1. The van der Waals surface area contributed by atoms with Crippen LogP contribution >= 0.6 is 24.0 Å². The molecule has 0 bridgehead atoms. The van der Waals surface area contributed by atoms with Crippen molar-refractivity contribution in [1.82, 2.24) is 15.5 Å². The molecule has 2 aliphatic rings. The Morgan fingerprint density at radius 2 is 1.74 bits per heavy atom. The van der Waals surface area contributed by atoms with Gasteiger partial charge in [-0.3, -0.25) is 9.89 Å². The molecule has 1 saturated heterocycles. The van der Waals surface area contributed by atoms with E-state index >= 15 is 0 Å². The van der Waals surface area contributed by atoms with Crippen LogP contribution in [0, 0.1) is 5.92 Å². The number of alkyl halides is 3. The maximum absolute atomic E-state index is 12.4. The minimum absolute atomic E-state index is 0. The first-order valence-corrected chi connectivity index (χ1v) is 9.87. The van der Waals surface area contributed by atoms with E-state index in [1.54, 1.807) is 0 Å². The van der Waals surface area contributed by atoms with Gasteiger partial charge in [0.1, 0.15) is 0 Å². The second-order valence-electron chi connectivity index (χ2n) is 7.53. The molecule has 1 heterocycles. The average Bonchev–Trinajstić information content (AvgIpc) is 2.57. The normalized spacial score (nSPS) is 25.7. The van der Waals surface area contributed by atoms with E-state index in [1.165, 1.54) is 4.90 Å². The topological polar surface area (TPSA) is 59.9 Å². The Hall–Kier alpha value is -0.290. The van der Waals surface area contributed by atoms with Crippen LogP contribution in [0.4, 0.5) is 13.2 Å². The van der Waals surface area contributed by atoms with Crippen LogP contribution in [0.2, 0.25) is 0 Å². The second kappa shape index (κ2) is 12.3. The van der Waals surface area contributed by atoms with E-state index in [0.717, 1.165) is 57.5 Å². The first kappa shape index (κ1) is 24.7. The lowest BCUT2D eigenvalue weighted by Gasteiger charge is -2.32. The van der Waals surface area contributed by atoms with Gasteiger partial charge in [0.05, 0.1) is 12.6 Å². The zero-order valence-corrected chi connectivity index (χ0v) is 18.4. The van der Waals surface area contributed by atoms with Crippen LogP contribution in [0.1, 0.15) is 51.9 Å². The molecule has 0 aromatic heterocycles. The number of nitrogens with zero attached hydrogens (tertiary/aromatic N) is 2.